The summed E-state index contributed by atoms with van der Waals surface area (Å²) >= 11 is 1.55. The van der Waals surface area contributed by atoms with Crippen LogP contribution in [0, 0.1) is 5.92 Å². The van der Waals surface area contributed by atoms with Gasteiger partial charge in [-0.1, -0.05) is 0 Å². The van der Waals surface area contributed by atoms with Crippen molar-refractivity contribution < 1.29 is 19.1 Å². The van der Waals surface area contributed by atoms with Gasteiger partial charge in [0.1, 0.15) is 11.5 Å². The number of nitrogens with one attached hydrogen (secondary N) is 1. The summed E-state index contributed by atoms with van der Waals surface area (Å²) in [5.74, 6) is 2.36. The molecular formula is C19H28N2O4S. The summed E-state index contributed by atoms with van der Waals surface area (Å²) in [6, 6.07) is 5.30. The Kier molecular flexibility index (Phi) is 8.09. The van der Waals surface area contributed by atoms with Crippen LogP contribution in [0.2, 0.25) is 0 Å². The van der Waals surface area contributed by atoms with Crippen molar-refractivity contribution in [3.63, 3.8) is 0 Å². The number of piperidine rings is 1. The molecule has 0 spiro atoms. The molecule has 0 unspecified atom stereocenters. The van der Waals surface area contributed by atoms with Gasteiger partial charge in [0.2, 0.25) is 11.8 Å². The highest BCUT2D eigenvalue weighted by molar-refractivity contribution is 7.99. The summed E-state index contributed by atoms with van der Waals surface area (Å²) in [6.07, 6.45) is 5.25. The minimum Gasteiger partial charge on any atom is -0.497 e. The number of hydrogen-bond donors (Lipinski definition) is 1. The van der Waals surface area contributed by atoms with E-state index in [2.05, 4.69) is 5.32 Å². The van der Waals surface area contributed by atoms with Gasteiger partial charge >= 0.3 is 0 Å². The first-order valence-electron chi connectivity index (χ1n) is 8.85. The molecule has 26 heavy (non-hydrogen) atoms. The summed E-state index contributed by atoms with van der Waals surface area (Å²) < 4.78 is 10.4. The van der Waals surface area contributed by atoms with Gasteiger partial charge in [-0.3, -0.25) is 9.59 Å². The SMILES string of the molecule is COc1cc(NC(=O)CC[C@@H]2CCCN(C(=O)CSC)C2)cc(OC)c1. The summed E-state index contributed by atoms with van der Waals surface area (Å²) in [5.41, 5.74) is 0.659. The number of carbonyl (C=O) groups excluding carboxylic acids is 2. The highest BCUT2D eigenvalue weighted by Gasteiger charge is 2.23. The van der Waals surface area contributed by atoms with E-state index in [1.54, 1.807) is 44.2 Å². The minimum atomic E-state index is -0.0344. The molecule has 144 valence electrons. The molecule has 0 radical (unpaired) electrons. The molecule has 1 aliphatic rings. The third-order valence-electron chi connectivity index (χ3n) is 4.55. The second-order valence-electron chi connectivity index (χ2n) is 6.47. The number of carbonyl (C=O) groups is 2. The number of ether oxygens (including phenoxy) is 2. The maximum Gasteiger partial charge on any atom is 0.232 e. The van der Waals surface area contributed by atoms with E-state index in [0.717, 1.165) is 32.4 Å². The zero-order valence-electron chi connectivity index (χ0n) is 15.7. The lowest BCUT2D eigenvalue weighted by Gasteiger charge is -2.32. The Balaban J connectivity index is 1.84. The van der Waals surface area contributed by atoms with Crippen LogP contribution in [-0.4, -0.2) is 56.0 Å². The number of benzene rings is 1. The molecule has 7 heteroatoms. The minimum absolute atomic E-state index is 0.0344. The molecule has 0 aliphatic carbocycles. The largest absolute Gasteiger partial charge is 0.497 e. The van der Waals surface area contributed by atoms with Crippen LogP contribution in [0.1, 0.15) is 25.7 Å². The molecule has 0 saturated carbocycles. The molecule has 0 bridgehead atoms. The van der Waals surface area contributed by atoms with E-state index in [9.17, 15) is 9.59 Å². The molecule has 1 aliphatic heterocycles. The third kappa shape index (κ3) is 6.12. The fourth-order valence-corrected chi connectivity index (χ4v) is 3.61. The Morgan fingerprint density at radius 1 is 1.23 bits per heavy atom. The number of methoxy groups -OCH3 is 2. The van der Waals surface area contributed by atoms with Crippen molar-refractivity contribution in [1.82, 2.24) is 4.90 Å². The average molecular weight is 381 g/mol. The van der Waals surface area contributed by atoms with E-state index in [1.807, 2.05) is 11.2 Å². The standard InChI is InChI=1S/C19H28N2O4S/c1-24-16-9-15(10-17(11-16)25-2)20-18(22)7-6-14-5-4-8-21(12-14)19(23)13-26-3/h9-11,14H,4-8,12-13H2,1-3H3,(H,20,22)/t14-/m0/s1. The molecule has 1 heterocycles. The number of likely N-dealkylation sites (tertiary alicyclic amines) is 1. The van der Waals surface area contributed by atoms with Crippen LogP contribution in [-0.2, 0) is 9.59 Å². The summed E-state index contributed by atoms with van der Waals surface area (Å²) in [7, 11) is 3.15. The summed E-state index contributed by atoms with van der Waals surface area (Å²) in [5, 5.41) is 2.90. The maximum absolute atomic E-state index is 12.3. The predicted octanol–water partition coefficient (Wildman–Crippen LogP) is 3.02. The Morgan fingerprint density at radius 2 is 1.92 bits per heavy atom. The van der Waals surface area contributed by atoms with Gasteiger partial charge in [0.15, 0.2) is 0 Å². The Bertz CT molecular complexity index is 601. The van der Waals surface area contributed by atoms with Crippen molar-refractivity contribution in [2.75, 3.05) is 44.6 Å². The van der Waals surface area contributed by atoms with E-state index < -0.39 is 0 Å². The molecule has 1 N–H and O–H groups in total. The molecule has 1 aromatic carbocycles. The Labute approximate surface area is 159 Å². The van der Waals surface area contributed by atoms with Gasteiger partial charge in [-0.15, -0.1) is 0 Å². The van der Waals surface area contributed by atoms with Gasteiger partial charge in [-0.05, 0) is 31.4 Å². The van der Waals surface area contributed by atoms with Crippen molar-refractivity contribution in [2.45, 2.75) is 25.7 Å². The van der Waals surface area contributed by atoms with Crippen molar-refractivity contribution in [3.05, 3.63) is 18.2 Å². The first-order chi connectivity index (χ1) is 12.5. The Hall–Kier alpha value is -1.89. The number of thioether (sulfide) groups is 1. The normalized spacial score (nSPS) is 16.9. The molecule has 2 amide bonds. The van der Waals surface area contributed by atoms with E-state index in [4.69, 9.17) is 9.47 Å². The van der Waals surface area contributed by atoms with Crippen LogP contribution in [0.5, 0.6) is 11.5 Å². The van der Waals surface area contributed by atoms with Crippen molar-refractivity contribution in [3.8, 4) is 11.5 Å². The van der Waals surface area contributed by atoms with Gasteiger partial charge in [-0.25, -0.2) is 0 Å². The predicted molar refractivity (Wildman–Crippen MR) is 105 cm³/mol. The molecule has 1 aromatic rings. The van der Waals surface area contributed by atoms with Crippen LogP contribution in [0.3, 0.4) is 0 Å². The number of nitrogens with zero attached hydrogens (tertiary/aromatic N) is 1. The smallest absolute Gasteiger partial charge is 0.232 e. The topological polar surface area (TPSA) is 67.9 Å². The van der Waals surface area contributed by atoms with E-state index in [0.29, 0.717) is 35.3 Å². The van der Waals surface area contributed by atoms with Crippen LogP contribution < -0.4 is 14.8 Å². The Morgan fingerprint density at radius 3 is 2.54 bits per heavy atom. The third-order valence-corrected chi connectivity index (χ3v) is 5.09. The van der Waals surface area contributed by atoms with Crippen molar-refractivity contribution in [2.24, 2.45) is 5.92 Å². The fourth-order valence-electron chi connectivity index (χ4n) is 3.18. The van der Waals surface area contributed by atoms with Gasteiger partial charge in [-0.2, -0.15) is 11.8 Å². The molecule has 0 aromatic heterocycles. The van der Waals surface area contributed by atoms with Crippen LogP contribution in [0.15, 0.2) is 18.2 Å². The van der Waals surface area contributed by atoms with Gasteiger partial charge in [0, 0.05) is 43.4 Å². The molecule has 6 nitrogen and oxygen atoms in total. The number of amides is 2. The fraction of sp³-hybridized carbons (Fsp3) is 0.579. The second-order valence-corrected chi connectivity index (χ2v) is 7.34. The molecule has 1 fully saturated rings. The van der Waals surface area contributed by atoms with E-state index in [-0.39, 0.29) is 11.8 Å². The lowest BCUT2D eigenvalue weighted by Crippen LogP contribution is -2.41. The molecule has 1 saturated heterocycles. The quantitative estimate of drug-likeness (QED) is 0.751. The van der Waals surface area contributed by atoms with Crippen LogP contribution in [0.4, 0.5) is 5.69 Å². The zero-order valence-corrected chi connectivity index (χ0v) is 16.6. The highest BCUT2D eigenvalue weighted by atomic mass is 32.2. The lowest BCUT2D eigenvalue weighted by atomic mass is 9.93. The molecule has 2 rings (SSSR count). The lowest BCUT2D eigenvalue weighted by molar-refractivity contribution is -0.130. The van der Waals surface area contributed by atoms with E-state index >= 15 is 0 Å². The number of rotatable bonds is 8. The van der Waals surface area contributed by atoms with Crippen LogP contribution >= 0.6 is 11.8 Å². The van der Waals surface area contributed by atoms with Crippen molar-refractivity contribution >= 4 is 29.3 Å². The first kappa shape index (κ1) is 20.4. The number of anilines is 1. The van der Waals surface area contributed by atoms with Crippen LogP contribution in [0.25, 0.3) is 0 Å². The maximum atomic E-state index is 12.3. The monoisotopic (exact) mass is 380 g/mol. The van der Waals surface area contributed by atoms with Gasteiger partial charge < -0.3 is 19.7 Å². The average Bonchev–Trinajstić information content (AvgIpc) is 2.66. The van der Waals surface area contributed by atoms with E-state index in [1.165, 1.54) is 0 Å². The zero-order chi connectivity index (χ0) is 18.9. The first-order valence-corrected chi connectivity index (χ1v) is 10.2. The summed E-state index contributed by atoms with van der Waals surface area (Å²) in [6.45, 7) is 1.60. The second kappa shape index (κ2) is 10.3. The van der Waals surface area contributed by atoms with Gasteiger partial charge in [0.25, 0.3) is 0 Å². The number of hydrogen-bond acceptors (Lipinski definition) is 5. The summed E-state index contributed by atoms with van der Waals surface area (Å²) in [4.78, 5) is 26.3. The highest BCUT2D eigenvalue weighted by Crippen LogP contribution is 2.26. The van der Waals surface area contributed by atoms with Crippen molar-refractivity contribution in [1.29, 1.82) is 0 Å². The molecule has 1 atom stereocenters. The molecular weight excluding hydrogens is 352 g/mol. The van der Waals surface area contributed by atoms with Gasteiger partial charge in [0.05, 0.1) is 20.0 Å².